The molecule has 0 spiro atoms. The molecule has 0 saturated carbocycles. The van der Waals surface area contributed by atoms with Crippen LogP contribution in [-0.2, 0) is 4.79 Å². The summed E-state index contributed by atoms with van der Waals surface area (Å²) in [5.74, 6) is 0.184. The van der Waals surface area contributed by atoms with E-state index in [1.54, 1.807) is 6.07 Å². The molecule has 24 heavy (non-hydrogen) atoms. The number of anilines is 1. The molecule has 1 N–H and O–H groups in total. The van der Waals surface area contributed by atoms with Crippen molar-refractivity contribution in [1.82, 2.24) is 4.90 Å². The molecule has 0 unspecified atom stereocenters. The van der Waals surface area contributed by atoms with Gasteiger partial charge in [-0.2, -0.15) is 0 Å². The van der Waals surface area contributed by atoms with Gasteiger partial charge in [0, 0.05) is 30.3 Å². The first kappa shape index (κ1) is 18.5. The molecule has 1 aliphatic rings. The van der Waals surface area contributed by atoms with Gasteiger partial charge in [0.1, 0.15) is 0 Å². The summed E-state index contributed by atoms with van der Waals surface area (Å²) in [6.45, 7) is 5.87. The molecular formula is C20H30N2O2. The van der Waals surface area contributed by atoms with Crippen LogP contribution in [0.5, 0.6) is 0 Å². The van der Waals surface area contributed by atoms with Gasteiger partial charge < -0.3 is 10.2 Å². The molecule has 1 fully saturated rings. The molecule has 4 heteroatoms. The topological polar surface area (TPSA) is 49.4 Å². The molecule has 0 aliphatic carbocycles. The Kier molecular flexibility index (Phi) is 7.29. The van der Waals surface area contributed by atoms with E-state index < -0.39 is 0 Å². The molecule has 1 saturated heterocycles. The Morgan fingerprint density at radius 1 is 1.17 bits per heavy atom. The Morgan fingerprint density at radius 3 is 2.58 bits per heavy atom. The van der Waals surface area contributed by atoms with E-state index in [4.69, 9.17) is 0 Å². The maximum Gasteiger partial charge on any atom is 0.253 e. The highest BCUT2D eigenvalue weighted by Gasteiger charge is 2.19. The summed E-state index contributed by atoms with van der Waals surface area (Å²) in [6.07, 6.45) is 7.30. The van der Waals surface area contributed by atoms with Gasteiger partial charge in [-0.15, -0.1) is 0 Å². The molecule has 1 aliphatic heterocycles. The van der Waals surface area contributed by atoms with Crippen molar-refractivity contribution in [2.75, 3.05) is 18.4 Å². The number of benzene rings is 1. The number of hydrogen-bond donors (Lipinski definition) is 1. The molecule has 1 aromatic carbocycles. The SMILES string of the molecule is CCCC[C@H](CC)C(=O)Nc1cccc(C(=O)N2CCCCC2)c1. The molecule has 132 valence electrons. The number of amides is 2. The first-order valence-corrected chi connectivity index (χ1v) is 9.36. The Morgan fingerprint density at radius 2 is 1.92 bits per heavy atom. The smallest absolute Gasteiger partial charge is 0.253 e. The molecule has 4 nitrogen and oxygen atoms in total. The quantitative estimate of drug-likeness (QED) is 0.802. The third-order valence-corrected chi connectivity index (χ3v) is 4.79. The van der Waals surface area contributed by atoms with Gasteiger partial charge in [-0.25, -0.2) is 0 Å². The zero-order valence-corrected chi connectivity index (χ0v) is 15.0. The van der Waals surface area contributed by atoms with Crippen molar-refractivity contribution in [1.29, 1.82) is 0 Å². The van der Waals surface area contributed by atoms with Crippen LogP contribution in [0.4, 0.5) is 5.69 Å². The molecular weight excluding hydrogens is 300 g/mol. The number of carbonyl (C=O) groups excluding carboxylic acids is 2. The third kappa shape index (κ3) is 5.08. The van der Waals surface area contributed by atoms with Crippen molar-refractivity contribution in [2.45, 2.75) is 58.8 Å². The fourth-order valence-corrected chi connectivity index (χ4v) is 3.23. The molecule has 1 aromatic rings. The van der Waals surface area contributed by atoms with Crippen molar-refractivity contribution in [2.24, 2.45) is 5.92 Å². The van der Waals surface area contributed by atoms with Gasteiger partial charge in [-0.3, -0.25) is 9.59 Å². The van der Waals surface area contributed by atoms with Gasteiger partial charge >= 0.3 is 0 Å². The number of piperidine rings is 1. The average Bonchev–Trinajstić information content (AvgIpc) is 2.62. The monoisotopic (exact) mass is 330 g/mol. The number of hydrogen-bond acceptors (Lipinski definition) is 2. The van der Waals surface area contributed by atoms with Crippen LogP contribution in [-0.4, -0.2) is 29.8 Å². The van der Waals surface area contributed by atoms with E-state index in [9.17, 15) is 9.59 Å². The number of rotatable bonds is 7. The second-order valence-corrected chi connectivity index (χ2v) is 6.67. The molecule has 2 rings (SSSR count). The highest BCUT2D eigenvalue weighted by atomic mass is 16.2. The lowest BCUT2D eigenvalue weighted by molar-refractivity contribution is -0.120. The van der Waals surface area contributed by atoms with Crippen LogP contribution < -0.4 is 5.32 Å². The number of carbonyl (C=O) groups is 2. The summed E-state index contributed by atoms with van der Waals surface area (Å²) in [7, 11) is 0. The lowest BCUT2D eigenvalue weighted by Crippen LogP contribution is -2.35. The van der Waals surface area contributed by atoms with Gasteiger partial charge in [0.15, 0.2) is 0 Å². The number of unbranched alkanes of at least 4 members (excludes halogenated alkanes) is 1. The van der Waals surface area contributed by atoms with Crippen LogP contribution in [0.3, 0.4) is 0 Å². The van der Waals surface area contributed by atoms with E-state index in [-0.39, 0.29) is 17.7 Å². The van der Waals surface area contributed by atoms with Crippen LogP contribution in [0.25, 0.3) is 0 Å². The van der Waals surface area contributed by atoms with E-state index in [0.29, 0.717) is 5.56 Å². The summed E-state index contributed by atoms with van der Waals surface area (Å²) in [5, 5.41) is 2.99. The maximum atomic E-state index is 12.6. The fraction of sp³-hybridized carbons (Fsp3) is 0.600. The second-order valence-electron chi connectivity index (χ2n) is 6.67. The molecule has 0 bridgehead atoms. The zero-order valence-electron chi connectivity index (χ0n) is 15.0. The first-order valence-electron chi connectivity index (χ1n) is 9.36. The van der Waals surface area contributed by atoms with Crippen molar-refractivity contribution in [3.63, 3.8) is 0 Å². The summed E-state index contributed by atoms with van der Waals surface area (Å²) >= 11 is 0. The van der Waals surface area contributed by atoms with Gasteiger partial charge in [0.2, 0.25) is 5.91 Å². The molecule has 1 heterocycles. The normalized spacial score (nSPS) is 15.8. The lowest BCUT2D eigenvalue weighted by atomic mass is 9.98. The average molecular weight is 330 g/mol. The van der Waals surface area contributed by atoms with Crippen LogP contribution in [0.2, 0.25) is 0 Å². The standard InChI is InChI=1S/C20H30N2O2/c1-3-5-10-16(4-2)19(23)21-18-12-9-11-17(15-18)20(24)22-13-7-6-8-14-22/h9,11-12,15-16H,3-8,10,13-14H2,1-2H3,(H,21,23)/t16-/m0/s1. The van der Waals surface area contributed by atoms with Crippen LogP contribution >= 0.6 is 0 Å². The Balaban J connectivity index is 2.01. The van der Waals surface area contributed by atoms with Crippen LogP contribution in [0, 0.1) is 5.92 Å². The Labute approximate surface area is 145 Å². The van der Waals surface area contributed by atoms with Crippen LogP contribution in [0.15, 0.2) is 24.3 Å². The number of likely N-dealkylation sites (tertiary alicyclic amines) is 1. The maximum absolute atomic E-state index is 12.6. The van der Waals surface area contributed by atoms with Gasteiger partial charge in [-0.1, -0.05) is 32.8 Å². The van der Waals surface area contributed by atoms with Crippen molar-refractivity contribution >= 4 is 17.5 Å². The third-order valence-electron chi connectivity index (χ3n) is 4.79. The minimum absolute atomic E-state index is 0.0476. The summed E-state index contributed by atoms with van der Waals surface area (Å²) in [4.78, 5) is 26.9. The second kappa shape index (κ2) is 9.45. The highest BCUT2D eigenvalue weighted by molar-refractivity contribution is 5.97. The lowest BCUT2D eigenvalue weighted by Gasteiger charge is -2.26. The summed E-state index contributed by atoms with van der Waals surface area (Å²) in [5.41, 5.74) is 1.38. The van der Waals surface area contributed by atoms with Gasteiger partial charge in [-0.05, 0) is 50.3 Å². The summed E-state index contributed by atoms with van der Waals surface area (Å²) in [6, 6.07) is 7.35. The van der Waals surface area contributed by atoms with Gasteiger partial charge in [0.05, 0.1) is 0 Å². The van der Waals surface area contributed by atoms with Gasteiger partial charge in [0.25, 0.3) is 5.91 Å². The van der Waals surface area contributed by atoms with E-state index in [1.807, 2.05) is 23.1 Å². The van der Waals surface area contributed by atoms with E-state index in [0.717, 1.165) is 57.3 Å². The van der Waals surface area contributed by atoms with E-state index in [1.165, 1.54) is 6.42 Å². The minimum atomic E-state index is 0.0476. The predicted molar refractivity (Wildman–Crippen MR) is 98.1 cm³/mol. The number of nitrogens with one attached hydrogen (secondary N) is 1. The first-order chi connectivity index (χ1) is 11.7. The molecule has 0 aromatic heterocycles. The Bertz CT molecular complexity index is 550. The molecule has 0 radical (unpaired) electrons. The van der Waals surface area contributed by atoms with E-state index in [2.05, 4.69) is 19.2 Å². The fourth-order valence-electron chi connectivity index (χ4n) is 3.23. The Hall–Kier alpha value is -1.84. The van der Waals surface area contributed by atoms with Crippen LogP contribution in [0.1, 0.15) is 69.2 Å². The largest absolute Gasteiger partial charge is 0.339 e. The highest BCUT2D eigenvalue weighted by Crippen LogP contribution is 2.19. The number of nitrogens with zero attached hydrogens (tertiary/aromatic N) is 1. The summed E-state index contributed by atoms with van der Waals surface area (Å²) < 4.78 is 0. The van der Waals surface area contributed by atoms with Crippen molar-refractivity contribution in [3.8, 4) is 0 Å². The molecule has 1 atom stereocenters. The van der Waals surface area contributed by atoms with Crippen molar-refractivity contribution in [3.05, 3.63) is 29.8 Å². The van der Waals surface area contributed by atoms with E-state index >= 15 is 0 Å². The predicted octanol–water partition coefficient (Wildman–Crippen LogP) is 4.47. The van der Waals surface area contributed by atoms with Crippen molar-refractivity contribution < 1.29 is 9.59 Å². The zero-order chi connectivity index (χ0) is 17.4. The minimum Gasteiger partial charge on any atom is -0.339 e. The molecule has 2 amide bonds.